The Morgan fingerprint density at radius 1 is 1.08 bits per heavy atom. The van der Waals surface area contributed by atoms with Crippen LogP contribution in [0.5, 0.6) is 0 Å². The van der Waals surface area contributed by atoms with E-state index < -0.39 is 35.8 Å². The molecule has 1 saturated carbocycles. The number of hydrogen-bond acceptors (Lipinski definition) is 5. The lowest BCUT2D eigenvalue weighted by molar-refractivity contribution is -0.275. The third-order valence-electron chi connectivity index (χ3n) is 5.78. The second-order valence-electron chi connectivity index (χ2n) is 10.0. The fraction of sp³-hybridized carbons (Fsp3) is 0.400. The van der Waals surface area contributed by atoms with Crippen LogP contribution >= 0.6 is 34.8 Å². The van der Waals surface area contributed by atoms with E-state index in [2.05, 4.69) is 10.6 Å². The van der Waals surface area contributed by atoms with Gasteiger partial charge in [0, 0.05) is 33.5 Å². The smallest absolute Gasteiger partial charge is 0.435 e. The molecule has 38 heavy (non-hydrogen) atoms. The number of anilines is 1. The summed E-state index contributed by atoms with van der Waals surface area (Å²) in [7, 11) is 0. The van der Waals surface area contributed by atoms with Crippen LogP contribution in [0, 0.1) is 5.92 Å². The summed E-state index contributed by atoms with van der Waals surface area (Å²) < 4.78 is 48.6. The number of hydrogen-bond donors (Lipinski definition) is 1. The molecule has 0 spiro atoms. The van der Waals surface area contributed by atoms with Gasteiger partial charge in [0.1, 0.15) is 5.60 Å². The summed E-state index contributed by atoms with van der Waals surface area (Å²) in [5.74, 6) is -0.667. The fourth-order valence-electron chi connectivity index (χ4n) is 3.77. The molecule has 1 aliphatic carbocycles. The van der Waals surface area contributed by atoms with Gasteiger partial charge in [-0.3, -0.25) is 10.2 Å². The van der Waals surface area contributed by atoms with Gasteiger partial charge in [0.15, 0.2) is 0 Å². The summed E-state index contributed by atoms with van der Waals surface area (Å²) in [4.78, 5) is 30.6. The van der Waals surface area contributed by atoms with Crippen LogP contribution in [0.25, 0.3) is 0 Å². The first-order chi connectivity index (χ1) is 17.6. The maximum Gasteiger partial charge on any atom is 0.435 e. The molecule has 2 amide bonds. The molecule has 7 nitrogen and oxygen atoms in total. The molecule has 1 atom stereocenters. The molecule has 0 saturated heterocycles. The zero-order chi connectivity index (χ0) is 28.0. The zero-order valence-electron chi connectivity index (χ0n) is 20.5. The van der Waals surface area contributed by atoms with Gasteiger partial charge >= 0.3 is 12.3 Å². The number of ether oxygens (including phenoxy) is 1. The first kappa shape index (κ1) is 28.3. The number of nitrogens with zero attached hydrogens (tertiary/aromatic N) is 2. The highest BCUT2D eigenvalue weighted by molar-refractivity contribution is 6.35. The molecule has 1 fully saturated rings. The number of alkyl halides is 3. The normalized spacial score (nSPS) is 19.4. The Morgan fingerprint density at radius 3 is 2.26 bits per heavy atom. The van der Waals surface area contributed by atoms with Gasteiger partial charge < -0.3 is 9.57 Å². The molecular formula is C25H23Cl3F3N3O4. The van der Waals surface area contributed by atoms with E-state index in [0.29, 0.717) is 12.8 Å². The Balaban J connectivity index is 1.70. The summed E-state index contributed by atoms with van der Waals surface area (Å²) in [6.45, 7) is 4.94. The van der Waals surface area contributed by atoms with Gasteiger partial charge in [-0.25, -0.2) is 4.79 Å². The van der Waals surface area contributed by atoms with Crippen molar-refractivity contribution < 1.29 is 32.3 Å². The summed E-state index contributed by atoms with van der Waals surface area (Å²) in [5.41, 5.74) is -1.46. The quantitative estimate of drug-likeness (QED) is 0.375. The van der Waals surface area contributed by atoms with Crippen molar-refractivity contribution in [3.63, 3.8) is 0 Å². The van der Waals surface area contributed by atoms with Crippen LogP contribution < -0.4 is 10.4 Å². The third kappa shape index (κ3) is 5.97. The standard InChI is InChI=1S/C25H23Cl3F3N3O4/c1-23(2,3)37-22(36)34(32-21(35)13-4-5-13)20-8-14(6-7-18(20)28)19-12-24(38-33-19,25(29,30)31)15-9-16(26)11-17(27)10-15/h6-11,13H,4-5,12H2,1-3H3,(H,32,35). The minimum atomic E-state index is -4.89. The van der Waals surface area contributed by atoms with Crippen molar-refractivity contribution in [1.29, 1.82) is 0 Å². The van der Waals surface area contributed by atoms with Crippen molar-refractivity contribution in [2.45, 2.75) is 57.4 Å². The average molecular weight is 593 g/mol. The summed E-state index contributed by atoms with van der Waals surface area (Å²) in [5, 5.41) is 4.63. The van der Waals surface area contributed by atoms with Crippen LogP contribution in [-0.2, 0) is 20.0 Å². The first-order valence-electron chi connectivity index (χ1n) is 11.5. The van der Waals surface area contributed by atoms with Crippen molar-refractivity contribution in [3.05, 3.63) is 62.6 Å². The van der Waals surface area contributed by atoms with E-state index in [4.69, 9.17) is 44.4 Å². The number of halogens is 6. The van der Waals surface area contributed by atoms with Crippen LogP contribution in [0.4, 0.5) is 23.7 Å². The number of nitrogens with one attached hydrogen (secondary N) is 1. The van der Waals surface area contributed by atoms with Gasteiger partial charge in [0.05, 0.1) is 16.4 Å². The Bertz CT molecular complexity index is 1290. The monoisotopic (exact) mass is 591 g/mol. The SMILES string of the molecule is CC(C)(C)OC(=O)N(NC(=O)C1CC1)c1cc(C2=NOC(c3cc(Cl)cc(Cl)c3)(C(F)(F)F)C2)ccc1Cl. The number of carbonyl (C=O) groups excluding carboxylic acids is 2. The molecule has 0 aromatic heterocycles. The van der Waals surface area contributed by atoms with E-state index in [1.807, 2.05) is 0 Å². The van der Waals surface area contributed by atoms with Gasteiger partial charge in [-0.2, -0.15) is 18.2 Å². The van der Waals surface area contributed by atoms with E-state index in [0.717, 1.165) is 17.1 Å². The molecular weight excluding hydrogens is 570 g/mol. The lowest BCUT2D eigenvalue weighted by Crippen LogP contribution is -2.49. The molecule has 13 heteroatoms. The molecule has 1 unspecified atom stereocenters. The van der Waals surface area contributed by atoms with Crippen LogP contribution in [0.15, 0.2) is 41.6 Å². The van der Waals surface area contributed by atoms with Crippen molar-refractivity contribution in [2.24, 2.45) is 11.1 Å². The second kappa shape index (κ2) is 10.1. The zero-order valence-corrected chi connectivity index (χ0v) is 22.7. The predicted octanol–water partition coefficient (Wildman–Crippen LogP) is 7.41. The van der Waals surface area contributed by atoms with Crippen LogP contribution in [-0.4, -0.2) is 29.5 Å². The molecule has 2 aromatic rings. The van der Waals surface area contributed by atoms with Gasteiger partial charge in [-0.15, -0.1) is 0 Å². The largest absolute Gasteiger partial charge is 0.442 e. The van der Waals surface area contributed by atoms with E-state index in [-0.39, 0.29) is 43.5 Å². The lowest BCUT2D eigenvalue weighted by atomic mass is 9.86. The molecule has 2 aliphatic rings. The Morgan fingerprint density at radius 2 is 1.71 bits per heavy atom. The van der Waals surface area contributed by atoms with Gasteiger partial charge in [-0.05, 0) is 63.9 Å². The lowest BCUT2D eigenvalue weighted by Gasteiger charge is -2.30. The Hall–Kier alpha value is -2.69. The Labute approximate surface area is 231 Å². The number of rotatable bonds is 4. The summed E-state index contributed by atoms with van der Waals surface area (Å²) in [6.07, 6.45) is -5.18. The van der Waals surface area contributed by atoms with Crippen LogP contribution in [0.1, 0.15) is 51.2 Å². The van der Waals surface area contributed by atoms with E-state index in [9.17, 15) is 22.8 Å². The van der Waals surface area contributed by atoms with Gasteiger partial charge in [0.2, 0.25) is 5.91 Å². The molecule has 4 rings (SSSR count). The highest BCUT2D eigenvalue weighted by atomic mass is 35.5. The van der Waals surface area contributed by atoms with Crippen molar-refractivity contribution in [2.75, 3.05) is 5.01 Å². The number of carbonyl (C=O) groups is 2. The first-order valence-corrected chi connectivity index (χ1v) is 12.6. The predicted molar refractivity (Wildman–Crippen MR) is 137 cm³/mol. The highest BCUT2D eigenvalue weighted by Gasteiger charge is 2.62. The second-order valence-corrected chi connectivity index (χ2v) is 11.3. The van der Waals surface area contributed by atoms with E-state index in [1.165, 1.54) is 24.3 Å². The summed E-state index contributed by atoms with van der Waals surface area (Å²) in [6, 6.07) is 7.67. The van der Waals surface area contributed by atoms with Crippen molar-refractivity contribution >= 4 is 58.2 Å². The molecule has 1 N–H and O–H groups in total. The number of benzene rings is 2. The molecule has 1 heterocycles. The van der Waals surface area contributed by atoms with Crippen LogP contribution in [0.3, 0.4) is 0 Å². The molecule has 204 valence electrons. The average Bonchev–Trinajstić information content (AvgIpc) is 3.53. The van der Waals surface area contributed by atoms with Crippen molar-refractivity contribution in [3.8, 4) is 0 Å². The maximum atomic E-state index is 14.4. The number of hydrazine groups is 1. The molecule has 0 bridgehead atoms. The van der Waals surface area contributed by atoms with Gasteiger partial charge in [0.25, 0.3) is 5.60 Å². The van der Waals surface area contributed by atoms with E-state index >= 15 is 0 Å². The number of amides is 2. The minimum absolute atomic E-state index is 0.00126. The molecule has 0 radical (unpaired) electrons. The fourth-order valence-corrected chi connectivity index (χ4v) is 4.50. The maximum absolute atomic E-state index is 14.4. The summed E-state index contributed by atoms with van der Waals surface area (Å²) >= 11 is 18.3. The highest BCUT2D eigenvalue weighted by Crippen LogP contribution is 2.50. The van der Waals surface area contributed by atoms with Crippen LogP contribution in [0.2, 0.25) is 15.1 Å². The third-order valence-corrected chi connectivity index (χ3v) is 6.54. The van der Waals surface area contributed by atoms with Gasteiger partial charge in [-0.1, -0.05) is 46.0 Å². The Kier molecular flexibility index (Phi) is 7.55. The molecule has 2 aromatic carbocycles. The minimum Gasteiger partial charge on any atom is -0.442 e. The van der Waals surface area contributed by atoms with E-state index in [1.54, 1.807) is 20.8 Å². The number of oxime groups is 1. The van der Waals surface area contributed by atoms with Crippen molar-refractivity contribution in [1.82, 2.24) is 5.43 Å². The topological polar surface area (TPSA) is 80.2 Å². The molecule has 1 aliphatic heterocycles.